The van der Waals surface area contributed by atoms with Crippen molar-refractivity contribution < 1.29 is 13.2 Å². The molecule has 3 rings (SSSR count). The molecule has 0 aliphatic carbocycles. The molecule has 0 saturated heterocycles. The number of hydrogen-bond acceptors (Lipinski definition) is 2. The number of para-hydroxylation sites is 1. The van der Waals surface area contributed by atoms with Gasteiger partial charge in [0.2, 0.25) is 0 Å². The van der Waals surface area contributed by atoms with Gasteiger partial charge in [-0.2, -0.15) is 0 Å². The fourth-order valence-corrected chi connectivity index (χ4v) is 2.74. The van der Waals surface area contributed by atoms with Crippen LogP contribution in [0.1, 0.15) is 17.4 Å². The van der Waals surface area contributed by atoms with Crippen LogP contribution in [0, 0.1) is 11.6 Å². The number of hydrogen-bond donors (Lipinski definition) is 1. The van der Waals surface area contributed by atoms with Gasteiger partial charge in [0.05, 0.1) is 10.5 Å². The Morgan fingerprint density at radius 2 is 1.76 bits per heavy atom. The highest BCUT2D eigenvalue weighted by Crippen LogP contribution is 2.30. The van der Waals surface area contributed by atoms with Crippen molar-refractivity contribution in [2.24, 2.45) is 5.73 Å². The fraction of sp³-hybridized carbons (Fsp3) is 0.125. The second-order valence-electron chi connectivity index (χ2n) is 4.82. The molecule has 1 atom stereocenters. The average Bonchev–Trinajstić information content (AvgIpc) is 2.88. The maximum Gasteiger partial charge on any atom is 0.148 e. The van der Waals surface area contributed by atoms with E-state index in [1.165, 1.54) is 18.2 Å². The molecule has 0 aliphatic rings. The van der Waals surface area contributed by atoms with Crippen molar-refractivity contribution in [1.29, 1.82) is 0 Å². The van der Waals surface area contributed by atoms with Crippen molar-refractivity contribution in [3.8, 4) is 0 Å². The Bertz CT molecular complexity index is 780. The minimum absolute atomic E-state index is 0.0236. The van der Waals surface area contributed by atoms with Crippen molar-refractivity contribution in [3.63, 3.8) is 0 Å². The number of rotatable bonds is 3. The molecule has 3 aromatic rings. The summed E-state index contributed by atoms with van der Waals surface area (Å²) in [4.78, 5) is 0. The first-order chi connectivity index (χ1) is 10.1. The Morgan fingerprint density at radius 3 is 2.43 bits per heavy atom. The molecule has 2 N–H and O–H groups in total. The van der Waals surface area contributed by atoms with E-state index < -0.39 is 17.7 Å². The lowest BCUT2D eigenvalue weighted by atomic mass is 10.0. The van der Waals surface area contributed by atoms with Crippen LogP contribution >= 0.6 is 15.9 Å². The first-order valence-electron chi connectivity index (χ1n) is 6.42. The molecule has 1 aromatic heterocycles. The van der Waals surface area contributed by atoms with Crippen LogP contribution in [0.5, 0.6) is 0 Å². The van der Waals surface area contributed by atoms with Crippen LogP contribution in [-0.4, -0.2) is 0 Å². The molecule has 1 heterocycles. The minimum Gasteiger partial charge on any atom is -0.458 e. The summed E-state index contributed by atoms with van der Waals surface area (Å²) in [6, 6.07) is 10.6. The zero-order chi connectivity index (χ0) is 15.0. The Balaban J connectivity index is 1.94. The highest BCUT2D eigenvalue weighted by Gasteiger charge is 2.18. The standard InChI is InChI=1S/C16H12BrF2NO/c17-11-4-1-3-9-7-15(21-16(9)11)14(20)8-10-12(18)5-2-6-13(10)19/h1-7,14H,8,20H2. The summed E-state index contributed by atoms with van der Waals surface area (Å²) in [5, 5.41) is 0.892. The van der Waals surface area contributed by atoms with Crippen LogP contribution in [0.3, 0.4) is 0 Å². The lowest BCUT2D eigenvalue weighted by Crippen LogP contribution is -2.14. The van der Waals surface area contributed by atoms with Crippen LogP contribution in [0.25, 0.3) is 11.0 Å². The predicted octanol–water partition coefficient (Wildman–Crippen LogP) is 4.72. The van der Waals surface area contributed by atoms with E-state index in [1.807, 2.05) is 18.2 Å². The van der Waals surface area contributed by atoms with Gasteiger partial charge in [0.1, 0.15) is 23.0 Å². The van der Waals surface area contributed by atoms with Gasteiger partial charge >= 0.3 is 0 Å². The molecule has 0 fully saturated rings. The van der Waals surface area contributed by atoms with Gasteiger partial charge in [-0.05, 0) is 40.2 Å². The normalized spacial score (nSPS) is 12.8. The first-order valence-corrected chi connectivity index (χ1v) is 7.22. The number of benzene rings is 2. The van der Waals surface area contributed by atoms with Crippen LogP contribution in [0.2, 0.25) is 0 Å². The van der Waals surface area contributed by atoms with Crippen LogP contribution in [-0.2, 0) is 6.42 Å². The largest absolute Gasteiger partial charge is 0.458 e. The first kappa shape index (κ1) is 14.2. The molecule has 0 bridgehead atoms. The lowest BCUT2D eigenvalue weighted by molar-refractivity contribution is 0.475. The fourth-order valence-electron chi connectivity index (χ4n) is 2.28. The van der Waals surface area contributed by atoms with Crippen molar-refractivity contribution in [2.45, 2.75) is 12.5 Å². The monoisotopic (exact) mass is 351 g/mol. The van der Waals surface area contributed by atoms with Crippen LogP contribution < -0.4 is 5.73 Å². The zero-order valence-corrected chi connectivity index (χ0v) is 12.5. The molecule has 108 valence electrons. The Kier molecular flexibility index (Phi) is 3.78. The molecule has 0 radical (unpaired) electrons. The number of furan rings is 1. The van der Waals surface area contributed by atoms with E-state index in [2.05, 4.69) is 15.9 Å². The van der Waals surface area contributed by atoms with Crippen molar-refractivity contribution in [1.82, 2.24) is 0 Å². The van der Waals surface area contributed by atoms with Crippen molar-refractivity contribution in [3.05, 3.63) is 69.9 Å². The van der Waals surface area contributed by atoms with E-state index in [0.29, 0.717) is 11.3 Å². The summed E-state index contributed by atoms with van der Waals surface area (Å²) in [7, 11) is 0. The van der Waals surface area contributed by atoms with E-state index in [-0.39, 0.29) is 12.0 Å². The SMILES string of the molecule is NC(Cc1c(F)cccc1F)c1cc2cccc(Br)c2o1. The van der Waals surface area contributed by atoms with Crippen molar-refractivity contribution in [2.75, 3.05) is 0 Å². The number of halogens is 3. The minimum atomic E-state index is -0.615. The maximum absolute atomic E-state index is 13.7. The van der Waals surface area contributed by atoms with Gasteiger partial charge in [-0.15, -0.1) is 0 Å². The van der Waals surface area contributed by atoms with Crippen molar-refractivity contribution >= 4 is 26.9 Å². The van der Waals surface area contributed by atoms with E-state index in [4.69, 9.17) is 10.2 Å². The lowest BCUT2D eigenvalue weighted by Gasteiger charge is -2.10. The molecular weight excluding hydrogens is 340 g/mol. The zero-order valence-electron chi connectivity index (χ0n) is 10.9. The van der Waals surface area contributed by atoms with E-state index in [0.717, 1.165) is 9.86 Å². The van der Waals surface area contributed by atoms with Crippen LogP contribution in [0.4, 0.5) is 8.78 Å². The molecule has 2 nitrogen and oxygen atoms in total. The summed E-state index contributed by atoms with van der Waals surface area (Å²) in [6.07, 6.45) is 0.0376. The van der Waals surface area contributed by atoms with Gasteiger partial charge in [-0.25, -0.2) is 8.78 Å². The molecule has 0 saturated carbocycles. The second-order valence-corrected chi connectivity index (χ2v) is 5.67. The van der Waals surface area contributed by atoms with Crippen LogP contribution in [0.15, 0.2) is 51.4 Å². The Labute approximate surface area is 128 Å². The smallest absolute Gasteiger partial charge is 0.148 e. The Hall–Kier alpha value is -1.72. The summed E-state index contributed by atoms with van der Waals surface area (Å²) >= 11 is 3.39. The number of fused-ring (bicyclic) bond motifs is 1. The molecule has 0 spiro atoms. The summed E-state index contributed by atoms with van der Waals surface area (Å²) in [5.74, 6) is -0.690. The molecule has 0 aliphatic heterocycles. The molecule has 5 heteroatoms. The third kappa shape index (κ3) is 2.71. The van der Waals surface area contributed by atoms with E-state index in [1.54, 1.807) is 6.07 Å². The molecular formula is C16H12BrF2NO. The predicted molar refractivity (Wildman–Crippen MR) is 80.9 cm³/mol. The van der Waals surface area contributed by atoms with Gasteiger partial charge in [0, 0.05) is 17.4 Å². The molecule has 0 amide bonds. The molecule has 21 heavy (non-hydrogen) atoms. The second kappa shape index (κ2) is 5.58. The maximum atomic E-state index is 13.7. The summed E-state index contributed by atoms with van der Waals surface area (Å²) in [6.45, 7) is 0. The molecule has 1 unspecified atom stereocenters. The topological polar surface area (TPSA) is 39.2 Å². The molecule has 2 aromatic carbocycles. The third-order valence-corrected chi connectivity index (χ3v) is 3.99. The average molecular weight is 352 g/mol. The quantitative estimate of drug-likeness (QED) is 0.741. The van der Waals surface area contributed by atoms with E-state index in [9.17, 15) is 8.78 Å². The number of nitrogens with two attached hydrogens (primary N) is 1. The van der Waals surface area contributed by atoms with Gasteiger partial charge in [0.25, 0.3) is 0 Å². The van der Waals surface area contributed by atoms with Gasteiger partial charge < -0.3 is 10.2 Å². The van der Waals surface area contributed by atoms with Gasteiger partial charge in [-0.3, -0.25) is 0 Å². The summed E-state index contributed by atoms with van der Waals surface area (Å²) in [5.41, 5.74) is 6.69. The summed E-state index contributed by atoms with van der Waals surface area (Å²) < 4.78 is 33.8. The van der Waals surface area contributed by atoms with Gasteiger partial charge in [-0.1, -0.05) is 18.2 Å². The highest BCUT2D eigenvalue weighted by molar-refractivity contribution is 9.10. The Morgan fingerprint density at radius 1 is 1.10 bits per heavy atom. The highest BCUT2D eigenvalue weighted by atomic mass is 79.9. The van der Waals surface area contributed by atoms with Gasteiger partial charge in [0.15, 0.2) is 0 Å². The third-order valence-electron chi connectivity index (χ3n) is 3.37. The van der Waals surface area contributed by atoms with E-state index >= 15 is 0 Å².